The Morgan fingerprint density at radius 2 is 2.25 bits per heavy atom. The highest BCUT2D eigenvalue weighted by Gasteiger charge is 2.38. The molecule has 0 saturated carbocycles. The predicted octanol–water partition coefficient (Wildman–Crippen LogP) is 2.33. The van der Waals surface area contributed by atoms with E-state index in [4.69, 9.17) is 9.84 Å². The van der Waals surface area contributed by atoms with Gasteiger partial charge in [0.2, 0.25) is 0 Å². The number of halogens is 1. The summed E-state index contributed by atoms with van der Waals surface area (Å²) in [6.07, 6.45) is 1.42. The fourth-order valence-corrected chi connectivity index (χ4v) is 1.33. The fraction of sp³-hybridized carbons (Fsp3) is 0.250. The van der Waals surface area contributed by atoms with E-state index < -0.39 is 17.4 Å². The molecule has 1 aromatic rings. The molecule has 0 aromatic heterocycles. The minimum absolute atomic E-state index is 0.00403. The number of carbonyl (C=O) groups is 1. The largest absolute Gasteiger partial charge is 0.479 e. The molecule has 0 saturated heterocycles. The summed E-state index contributed by atoms with van der Waals surface area (Å²) in [6, 6.07) is 5.66. The molecule has 1 unspecified atom stereocenters. The molecule has 1 aromatic carbocycles. The van der Waals surface area contributed by atoms with Crippen LogP contribution in [0.1, 0.15) is 12.5 Å². The van der Waals surface area contributed by atoms with E-state index in [-0.39, 0.29) is 12.2 Å². The van der Waals surface area contributed by atoms with E-state index in [2.05, 4.69) is 6.58 Å². The molecule has 0 aliphatic rings. The predicted molar refractivity (Wildman–Crippen MR) is 57.5 cm³/mol. The van der Waals surface area contributed by atoms with Crippen LogP contribution in [0.2, 0.25) is 0 Å². The van der Waals surface area contributed by atoms with Crippen LogP contribution in [-0.2, 0) is 15.1 Å². The van der Waals surface area contributed by atoms with E-state index in [9.17, 15) is 9.18 Å². The minimum atomic E-state index is -1.69. The standard InChI is InChI=1S/C12H13FO3/c1-3-8-16-12(2,11(14)15)9-6-4-5-7-10(9)13/h3-7H,1,8H2,2H3,(H,14,15). The summed E-state index contributed by atoms with van der Waals surface area (Å²) >= 11 is 0. The molecule has 0 fully saturated rings. The number of hydrogen-bond donors (Lipinski definition) is 1. The van der Waals surface area contributed by atoms with E-state index in [1.165, 1.54) is 31.2 Å². The molecule has 86 valence electrons. The normalized spacial score (nSPS) is 14.1. The van der Waals surface area contributed by atoms with Crippen LogP contribution in [0.15, 0.2) is 36.9 Å². The Kier molecular flexibility index (Phi) is 3.79. The maximum atomic E-state index is 13.5. The van der Waals surface area contributed by atoms with Crippen molar-refractivity contribution in [1.82, 2.24) is 0 Å². The van der Waals surface area contributed by atoms with Gasteiger partial charge >= 0.3 is 5.97 Å². The van der Waals surface area contributed by atoms with Crippen molar-refractivity contribution < 1.29 is 19.0 Å². The third-order valence-electron chi connectivity index (χ3n) is 2.29. The Hall–Kier alpha value is -1.68. The molecular formula is C12H13FO3. The van der Waals surface area contributed by atoms with Crippen molar-refractivity contribution in [2.24, 2.45) is 0 Å². The van der Waals surface area contributed by atoms with Gasteiger partial charge in [-0.2, -0.15) is 0 Å². The molecule has 0 radical (unpaired) electrons. The van der Waals surface area contributed by atoms with Gasteiger partial charge in [-0.05, 0) is 13.0 Å². The lowest BCUT2D eigenvalue weighted by atomic mass is 9.95. The van der Waals surface area contributed by atoms with Gasteiger partial charge in [0.05, 0.1) is 6.61 Å². The third-order valence-corrected chi connectivity index (χ3v) is 2.29. The van der Waals surface area contributed by atoms with Crippen molar-refractivity contribution in [3.63, 3.8) is 0 Å². The van der Waals surface area contributed by atoms with Crippen LogP contribution >= 0.6 is 0 Å². The van der Waals surface area contributed by atoms with Crippen molar-refractivity contribution in [2.45, 2.75) is 12.5 Å². The molecule has 0 amide bonds. The summed E-state index contributed by atoms with van der Waals surface area (Å²) in [7, 11) is 0. The van der Waals surface area contributed by atoms with Crippen molar-refractivity contribution >= 4 is 5.97 Å². The number of aliphatic carboxylic acids is 1. The number of carboxylic acid groups (broad SMARTS) is 1. The number of benzene rings is 1. The average molecular weight is 224 g/mol. The maximum Gasteiger partial charge on any atom is 0.340 e. The average Bonchev–Trinajstić information content (AvgIpc) is 2.26. The summed E-state index contributed by atoms with van der Waals surface area (Å²) in [5.74, 6) is -1.84. The fourth-order valence-electron chi connectivity index (χ4n) is 1.33. The molecule has 0 bridgehead atoms. The van der Waals surface area contributed by atoms with Gasteiger partial charge in [0, 0.05) is 5.56 Å². The second-order valence-corrected chi connectivity index (χ2v) is 3.42. The zero-order valence-electron chi connectivity index (χ0n) is 8.94. The van der Waals surface area contributed by atoms with Crippen molar-refractivity contribution in [2.75, 3.05) is 6.61 Å². The second kappa shape index (κ2) is 4.90. The molecule has 0 spiro atoms. The van der Waals surface area contributed by atoms with E-state index in [0.717, 1.165) is 0 Å². The molecule has 0 aliphatic heterocycles. The summed E-state index contributed by atoms with van der Waals surface area (Å²) in [6.45, 7) is 4.78. The van der Waals surface area contributed by atoms with Crippen LogP contribution in [0.4, 0.5) is 4.39 Å². The third kappa shape index (κ3) is 2.28. The number of hydrogen-bond acceptors (Lipinski definition) is 2. The molecule has 1 rings (SSSR count). The van der Waals surface area contributed by atoms with E-state index in [0.29, 0.717) is 0 Å². The van der Waals surface area contributed by atoms with Gasteiger partial charge < -0.3 is 9.84 Å². The molecule has 1 N–H and O–H groups in total. The van der Waals surface area contributed by atoms with Crippen LogP contribution in [0.3, 0.4) is 0 Å². The minimum Gasteiger partial charge on any atom is -0.479 e. The summed E-state index contributed by atoms with van der Waals surface area (Å²) in [5.41, 5.74) is -1.69. The Morgan fingerprint density at radius 3 is 2.75 bits per heavy atom. The van der Waals surface area contributed by atoms with Crippen LogP contribution < -0.4 is 0 Å². The quantitative estimate of drug-likeness (QED) is 0.781. The van der Waals surface area contributed by atoms with Gasteiger partial charge in [-0.3, -0.25) is 0 Å². The Labute approximate surface area is 93.2 Å². The number of ether oxygens (including phenoxy) is 1. The molecule has 4 heteroatoms. The van der Waals surface area contributed by atoms with Gasteiger partial charge in [0.1, 0.15) is 5.82 Å². The molecule has 16 heavy (non-hydrogen) atoms. The van der Waals surface area contributed by atoms with Gasteiger partial charge in [-0.1, -0.05) is 24.3 Å². The van der Waals surface area contributed by atoms with Crippen LogP contribution in [0.5, 0.6) is 0 Å². The SMILES string of the molecule is C=CCOC(C)(C(=O)O)c1ccccc1F. The first-order valence-corrected chi connectivity index (χ1v) is 4.75. The lowest BCUT2D eigenvalue weighted by molar-refractivity contribution is -0.164. The van der Waals surface area contributed by atoms with Crippen LogP contribution in [-0.4, -0.2) is 17.7 Å². The van der Waals surface area contributed by atoms with Gasteiger partial charge in [0.25, 0.3) is 0 Å². The molecule has 0 heterocycles. The Bertz CT molecular complexity index is 403. The Morgan fingerprint density at radius 1 is 1.62 bits per heavy atom. The topological polar surface area (TPSA) is 46.5 Å². The second-order valence-electron chi connectivity index (χ2n) is 3.42. The van der Waals surface area contributed by atoms with Crippen molar-refractivity contribution in [3.8, 4) is 0 Å². The lowest BCUT2D eigenvalue weighted by Crippen LogP contribution is -2.36. The molecule has 0 aliphatic carbocycles. The number of carboxylic acids is 1. The van der Waals surface area contributed by atoms with E-state index in [1.54, 1.807) is 6.07 Å². The first-order valence-electron chi connectivity index (χ1n) is 4.75. The first-order chi connectivity index (χ1) is 7.52. The number of rotatable bonds is 5. The Balaban J connectivity index is 3.16. The van der Waals surface area contributed by atoms with Crippen LogP contribution in [0, 0.1) is 5.82 Å². The maximum absolute atomic E-state index is 13.5. The highest BCUT2D eigenvalue weighted by Crippen LogP contribution is 2.27. The lowest BCUT2D eigenvalue weighted by Gasteiger charge is -2.25. The van der Waals surface area contributed by atoms with Gasteiger partial charge in [-0.15, -0.1) is 6.58 Å². The monoisotopic (exact) mass is 224 g/mol. The highest BCUT2D eigenvalue weighted by atomic mass is 19.1. The van der Waals surface area contributed by atoms with Crippen molar-refractivity contribution in [3.05, 3.63) is 48.3 Å². The molecular weight excluding hydrogens is 211 g/mol. The first kappa shape index (κ1) is 12.4. The zero-order chi connectivity index (χ0) is 12.2. The summed E-state index contributed by atoms with van der Waals surface area (Å²) in [4.78, 5) is 11.2. The summed E-state index contributed by atoms with van der Waals surface area (Å²) in [5, 5.41) is 9.11. The van der Waals surface area contributed by atoms with Crippen molar-refractivity contribution in [1.29, 1.82) is 0 Å². The van der Waals surface area contributed by atoms with Gasteiger partial charge in [-0.25, -0.2) is 9.18 Å². The van der Waals surface area contributed by atoms with Gasteiger partial charge in [0.15, 0.2) is 5.60 Å². The van der Waals surface area contributed by atoms with E-state index >= 15 is 0 Å². The van der Waals surface area contributed by atoms with Crippen LogP contribution in [0.25, 0.3) is 0 Å². The smallest absolute Gasteiger partial charge is 0.340 e. The molecule has 3 nitrogen and oxygen atoms in total. The van der Waals surface area contributed by atoms with E-state index in [1.807, 2.05) is 0 Å². The molecule has 1 atom stereocenters. The summed E-state index contributed by atoms with van der Waals surface area (Å²) < 4.78 is 18.7. The highest BCUT2D eigenvalue weighted by molar-refractivity contribution is 5.79. The zero-order valence-corrected chi connectivity index (χ0v) is 8.94.